The fourth-order valence-electron chi connectivity index (χ4n) is 2.18. The van der Waals surface area contributed by atoms with Gasteiger partial charge in [0.15, 0.2) is 5.82 Å². The first kappa shape index (κ1) is 12.7. The van der Waals surface area contributed by atoms with Gasteiger partial charge in [0.2, 0.25) is 0 Å². The van der Waals surface area contributed by atoms with Gasteiger partial charge in [0.25, 0.3) is 0 Å². The van der Waals surface area contributed by atoms with E-state index in [0.717, 1.165) is 18.5 Å². The van der Waals surface area contributed by atoms with E-state index in [2.05, 4.69) is 15.5 Å². The first-order chi connectivity index (χ1) is 9.74. The predicted molar refractivity (Wildman–Crippen MR) is 70.2 cm³/mol. The van der Waals surface area contributed by atoms with Gasteiger partial charge in [-0.05, 0) is 35.4 Å². The van der Waals surface area contributed by atoms with Crippen molar-refractivity contribution in [3.8, 4) is 5.69 Å². The Hall–Kier alpha value is -2.28. The van der Waals surface area contributed by atoms with E-state index in [1.54, 1.807) is 4.68 Å². The SMILES string of the molecule is O=C(O)CN(Cc1nnnn1-c1ccccc1)C1CC1. The molecule has 3 rings (SSSR count). The second-order valence-corrected chi connectivity index (χ2v) is 4.87. The van der Waals surface area contributed by atoms with E-state index in [-0.39, 0.29) is 6.54 Å². The van der Waals surface area contributed by atoms with Gasteiger partial charge in [-0.1, -0.05) is 18.2 Å². The van der Waals surface area contributed by atoms with Crippen LogP contribution in [-0.2, 0) is 11.3 Å². The van der Waals surface area contributed by atoms with E-state index in [9.17, 15) is 4.79 Å². The molecule has 0 spiro atoms. The summed E-state index contributed by atoms with van der Waals surface area (Å²) in [5.74, 6) is -0.167. The fraction of sp³-hybridized carbons (Fsp3) is 0.385. The number of aliphatic carboxylic acids is 1. The topological polar surface area (TPSA) is 84.1 Å². The largest absolute Gasteiger partial charge is 0.480 e. The summed E-state index contributed by atoms with van der Waals surface area (Å²) < 4.78 is 1.65. The summed E-state index contributed by atoms with van der Waals surface area (Å²) in [6.45, 7) is 0.463. The van der Waals surface area contributed by atoms with Crippen molar-refractivity contribution < 1.29 is 9.90 Å². The Labute approximate surface area is 115 Å². The molecule has 20 heavy (non-hydrogen) atoms. The molecule has 0 unspecified atom stereocenters. The molecule has 104 valence electrons. The molecule has 0 atom stereocenters. The molecule has 1 saturated carbocycles. The Morgan fingerprint density at radius 2 is 2.10 bits per heavy atom. The highest BCUT2D eigenvalue weighted by Gasteiger charge is 2.31. The number of para-hydroxylation sites is 1. The highest BCUT2D eigenvalue weighted by Crippen LogP contribution is 2.27. The molecule has 0 aliphatic heterocycles. The van der Waals surface area contributed by atoms with E-state index in [4.69, 9.17) is 5.11 Å². The van der Waals surface area contributed by atoms with E-state index in [0.29, 0.717) is 18.4 Å². The second kappa shape index (κ2) is 5.38. The molecular formula is C13H15N5O2. The maximum absolute atomic E-state index is 10.9. The number of aromatic nitrogens is 4. The van der Waals surface area contributed by atoms with E-state index < -0.39 is 5.97 Å². The number of hydrogen-bond donors (Lipinski definition) is 1. The van der Waals surface area contributed by atoms with Crippen LogP contribution in [0.5, 0.6) is 0 Å². The van der Waals surface area contributed by atoms with Crippen molar-refractivity contribution in [1.82, 2.24) is 25.1 Å². The lowest BCUT2D eigenvalue weighted by atomic mass is 10.3. The first-order valence-electron chi connectivity index (χ1n) is 6.52. The molecule has 1 heterocycles. The summed E-state index contributed by atoms with van der Waals surface area (Å²) in [5, 5.41) is 20.7. The van der Waals surface area contributed by atoms with Gasteiger partial charge in [-0.15, -0.1) is 5.10 Å². The molecule has 0 amide bonds. The normalized spacial score (nSPS) is 14.7. The monoisotopic (exact) mass is 273 g/mol. The standard InChI is InChI=1S/C13H15N5O2/c19-13(20)9-17(10-6-7-10)8-12-14-15-16-18(12)11-4-2-1-3-5-11/h1-5,10H,6-9H2,(H,19,20). The smallest absolute Gasteiger partial charge is 0.317 e. The average Bonchev–Trinajstić information content (AvgIpc) is 3.19. The van der Waals surface area contributed by atoms with Crippen LogP contribution in [0.25, 0.3) is 5.69 Å². The lowest BCUT2D eigenvalue weighted by Gasteiger charge is -2.18. The third-order valence-electron chi connectivity index (χ3n) is 3.28. The van der Waals surface area contributed by atoms with Crippen LogP contribution in [0.4, 0.5) is 0 Å². The molecule has 1 N–H and O–H groups in total. The molecule has 1 aliphatic rings. The zero-order valence-electron chi connectivity index (χ0n) is 10.9. The van der Waals surface area contributed by atoms with Crippen molar-refractivity contribution in [2.45, 2.75) is 25.4 Å². The van der Waals surface area contributed by atoms with E-state index >= 15 is 0 Å². The molecule has 1 aromatic carbocycles. The Bertz CT molecular complexity index is 594. The van der Waals surface area contributed by atoms with Crippen molar-refractivity contribution in [2.75, 3.05) is 6.54 Å². The molecule has 1 aromatic heterocycles. The number of carboxylic acids is 1. The number of carboxylic acid groups (broad SMARTS) is 1. The lowest BCUT2D eigenvalue weighted by Crippen LogP contribution is -2.32. The van der Waals surface area contributed by atoms with Crippen molar-refractivity contribution in [3.63, 3.8) is 0 Å². The van der Waals surface area contributed by atoms with Crippen LogP contribution in [0.1, 0.15) is 18.7 Å². The molecule has 1 aliphatic carbocycles. The Morgan fingerprint density at radius 1 is 1.35 bits per heavy atom. The fourth-order valence-corrected chi connectivity index (χ4v) is 2.18. The zero-order valence-corrected chi connectivity index (χ0v) is 10.9. The highest BCUT2D eigenvalue weighted by molar-refractivity contribution is 5.69. The quantitative estimate of drug-likeness (QED) is 0.834. The van der Waals surface area contributed by atoms with Gasteiger partial charge in [-0.2, -0.15) is 4.68 Å². The molecule has 2 aromatic rings. The van der Waals surface area contributed by atoms with Crippen LogP contribution < -0.4 is 0 Å². The molecule has 0 bridgehead atoms. The molecule has 7 nitrogen and oxygen atoms in total. The second-order valence-electron chi connectivity index (χ2n) is 4.87. The molecule has 7 heteroatoms. The number of tetrazole rings is 1. The predicted octanol–water partition coefficient (Wildman–Crippen LogP) is 0.711. The minimum Gasteiger partial charge on any atom is -0.480 e. The Kier molecular flexibility index (Phi) is 3.42. The maximum Gasteiger partial charge on any atom is 0.317 e. The van der Waals surface area contributed by atoms with Gasteiger partial charge in [-0.3, -0.25) is 9.69 Å². The number of benzene rings is 1. The minimum absolute atomic E-state index is 0.0202. The van der Waals surface area contributed by atoms with Crippen LogP contribution in [0.15, 0.2) is 30.3 Å². The van der Waals surface area contributed by atoms with Crippen LogP contribution in [0.2, 0.25) is 0 Å². The summed E-state index contributed by atoms with van der Waals surface area (Å²) in [5.41, 5.74) is 0.874. The summed E-state index contributed by atoms with van der Waals surface area (Å²) in [6.07, 6.45) is 2.08. The number of rotatable bonds is 6. The Morgan fingerprint density at radius 3 is 2.75 bits per heavy atom. The molecular weight excluding hydrogens is 258 g/mol. The summed E-state index contributed by atoms with van der Waals surface area (Å²) in [4.78, 5) is 12.8. The minimum atomic E-state index is -0.823. The lowest BCUT2D eigenvalue weighted by molar-refractivity contribution is -0.138. The van der Waals surface area contributed by atoms with Gasteiger partial charge in [-0.25, -0.2) is 0 Å². The molecule has 1 fully saturated rings. The van der Waals surface area contributed by atoms with Crippen LogP contribution in [-0.4, -0.2) is 48.8 Å². The van der Waals surface area contributed by atoms with Crippen molar-refractivity contribution >= 4 is 5.97 Å². The number of nitrogens with zero attached hydrogens (tertiary/aromatic N) is 5. The van der Waals surface area contributed by atoms with Gasteiger partial charge in [0, 0.05) is 6.04 Å². The van der Waals surface area contributed by atoms with Crippen LogP contribution in [0.3, 0.4) is 0 Å². The van der Waals surface area contributed by atoms with E-state index in [1.165, 1.54) is 0 Å². The average molecular weight is 273 g/mol. The Balaban J connectivity index is 1.80. The summed E-state index contributed by atoms with van der Waals surface area (Å²) >= 11 is 0. The van der Waals surface area contributed by atoms with Crippen molar-refractivity contribution in [1.29, 1.82) is 0 Å². The third-order valence-corrected chi connectivity index (χ3v) is 3.28. The third kappa shape index (κ3) is 2.83. The van der Waals surface area contributed by atoms with Crippen LogP contribution >= 0.6 is 0 Å². The zero-order chi connectivity index (χ0) is 13.9. The first-order valence-corrected chi connectivity index (χ1v) is 6.52. The van der Waals surface area contributed by atoms with Crippen LogP contribution in [0, 0.1) is 0 Å². The van der Waals surface area contributed by atoms with Gasteiger partial charge >= 0.3 is 5.97 Å². The molecule has 0 radical (unpaired) electrons. The maximum atomic E-state index is 10.9. The van der Waals surface area contributed by atoms with Gasteiger partial charge < -0.3 is 5.11 Å². The van der Waals surface area contributed by atoms with Gasteiger partial charge in [0.05, 0.1) is 18.8 Å². The summed E-state index contributed by atoms with van der Waals surface area (Å²) in [6, 6.07) is 9.92. The van der Waals surface area contributed by atoms with Crippen molar-refractivity contribution in [2.24, 2.45) is 0 Å². The number of carbonyl (C=O) groups is 1. The van der Waals surface area contributed by atoms with Crippen molar-refractivity contribution in [3.05, 3.63) is 36.2 Å². The number of hydrogen-bond acceptors (Lipinski definition) is 5. The highest BCUT2D eigenvalue weighted by atomic mass is 16.4. The molecule has 0 saturated heterocycles. The van der Waals surface area contributed by atoms with E-state index in [1.807, 2.05) is 35.2 Å². The summed E-state index contributed by atoms with van der Waals surface area (Å²) in [7, 11) is 0. The van der Waals surface area contributed by atoms with Gasteiger partial charge in [0.1, 0.15) is 0 Å².